The number of hydrogen-bond acceptors (Lipinski definition) is 3. The number of urea groups is 1. The van der Waals surface area contributed by atoms with Crippen LogP contribution in [-0.4, -0.2) is 46.5 Å². The van der Waals surface area contributed by atoms with Crippen molar-refractivity contribution in [1.82, 2.24) is 14.7 Å². The van der Waals surface area contributed by atoms with Crippen molar-refractivity contribution < 1.29 is 9.53 Å². The van der Waals surface area contributed by atoms with Crippen LogP contribution >= 0.6 is 0 Å². The Labute approximate surface area is 154 Å². The van der Waals surface area contributed by atoms with Crippen LogP contribution < -0.4 is 5.32 Å². The Balaban J connectivity index is 1.63. The number of anilines is 1. The molecule has 1 fully saturated rings. The zero-order chi connectivity index (χ0) is 18.2. The molecule has 138 valence electrons. The minimum Gasteiger partial charge on any atom is -0.376 e. The average molecular weight is 354 g/mol. The average Bonchev–Trinajstić information content (AvgIpc) is 3.33. The van der Waals surface area contributed by atoms with Crippen LogP contribution in [0.25, 0.3) is 6.08 Å². The van der Waals surface area contributed by atoms with Gasteiger partial charge < -0.3 is 15.0 Å². The number of hydrogen-bond donors (Lipinski definition) is 1. The Kier molecular flexibility index (Phi) is 6.44. The summed E-state index contributed by atoms with van der Waals surface area (Å²) in [4.78, 5) is 14.5. The maximum absolute atomic E-state index is 12.7. The van der Waals surface area contributed by atoms with Gasteiger partial charge in [-0.3, -0.25) is 4.68 Å². The molecule has 1 saturated heterocycles. The number of ether oxygens (including phenoxy) is 1. The van der Waals surface area contributed by atoms with Gasteiger partial charge in [0.15, 0.2) is 0 Å². The second-order valence-corrected chi connectivity index (χ2v) is 6.37. The molecule has 0 aliphatic carbocycles. The monoisotopic (exact) mass is 354 g/mol. The molecule has 1 unspecified atom stereocenters. The largest absolute Gasteiger partial charge is 0.376 e. The van der Waals surface area contributed by atoms with Gasteiger partial charge in [0.05, 0.1) is 18.0 Å². The molecule has 1 aliphatic rings. The minimum absolute atomic E-state index is 0.115. The standard InChI is InChI=1S/C20H26N4O2/c1-2-24-15-18(14-21-24)22-20(25)23(16-19-11-7-13-26-19)12-6-10-17-8-4-3-5-9-17/h3-6,8-10,14-15,19H,2,7,11-13,16H2,1H3,(H,22,25)/b10-6+. The molecule has 0 saturated carbocycles. The van der Waals surface area contributed by atoms with Gasteiger partial charge in [0.25, 0.3) is 0 Å². The predicted molar refractivity (Wildman–Crippen MR) is 103 cm³/mol. The minimum atomic E-state index is -0.131. The van der Waals surface area contributed by atoms with E-state index in [2.05, 4.69) is 10.4 Å². The highest BCUT2D eigenvalue weighted by Gasteiger charge is 2.22. The van der Waals surface area contributed by atoms with Crippen molar-refractivity contribution in [3.05, 3.63) is 54.4 Å². The van der Waals surface area contributed by atoms with Gasteiger partial charge >= 0.3 is 6.03 Å². The number of aromatic nitrogens is 2. The Morgan fingerprint density at radius 3 is 2.96 bits per heavy atom. The first-order valence-electron chi connectivity index (χ1n) is 9.16. The van der Waals surface area contributed by atoms with Crippen molar-refractivity contribution in [3.63, 3.8) is 0 Å². The van der Waals surface area contributed by atoms with E-state index in [4.69, 9.17) is 4.74 Å². The zero-order valence-corrected chi connectivity index (χ0v) is 15.2. The first-order chi connectivity index (χ1) is 12.7. The lowest BCUT2D eigenvalue weighted by Gasteiger charge is -2.24. The summed E-state index contributed by atoms with van der Waals surface area (Å²) >= 11 is 0. The van der Waals surface area contributed by atoms with E-state index in [1.54, 1.807) is 15.8 Å². The SMILES string of the molecule is CCn1cc(NC(=O)N(C/C=C/c2ccccc2)CC2CCCO2)cn1. The molecule has 26 heavy (non-hydrogen) atoms. The number of nitrogens with one attached hydrogen (secondary N) is 1. The van der Waals surface area contributed by atoms with Crippen LogP contribution in [0.5, 0.6) is 0 Å². The number of rotatable bonds is 7. The summed E-state index contributed by atoms with van der Waals surface area (Å²) in [6, 6.07) is 9.95. The Bertz CT molecular complexity index is 720. The smallest absolute Gasteiger partial charge is 0.322 e. The topological polar surface area (TPSA) is 59.4 Å². The second kappa shape index (κ2) is 9.20. The van der Waals surface area contributed by atoms with Crippen LogP contribution in [0.3, 0.4) is 0 Å². The van der Waals surface area contributed by atoms with Crippen molar-refractivity contribution in [2.45, 2.75) is 32.4 Å². The van der Waals surface area contributed by atoms with Gasteiger partial charge in [-0.25, -0.2) is 4.79 Å². The zero-order valence-electron chi connectivity index (χ0n) is 15.2. The summed E-state index contributed by atoms with van der Waals surface area (Å²) in [6.45, 7) is 4.69. The molecule has 6 heteroatoms. The van der Waals surface area contributed by atoms with E-state index in [1.165, 1.54) is 0 Å². The van der Waals surface area contributed by atoms with Crippen LogP contribution in [0.15, 0.2) is 48.8 Å². The normalized spacial score (nSPS) is 16.9. The molecule has 2 aromatic rings. The van der Waals surface area contributed by atoms with Crippen molar-refractivity contribution in [2.24, 2.45) is 0 Å². The van der Waals surface area contributed by atoms with E-state index < -0.39 is 0 Å². The Hall–Kier alpha value is -2.60. The number of aryl methyl sites for hydroxylation is 1. The Morgan fingerprint density at radius 2 is 2.27 bits per heavy atom. The van der Waals surface area contributed by atoms with Crippen molar-refractivity contribution in [1.29, 1.82) is 0 Å². The van der Waals surface area contributed by atoms with Crippen molar-refractivity contribution in [2.75, 3.05) is 25.0 Å². The molecule has 1 aromatic carbocycles. The Morgan fingerprint density at radius 1 is 1.42 bits per heavy atom. The van der Waals surface area contributed by atoms with E-state index in [1.807, 2.05) is 55.6 Å². The van der Waals surface area contributed by atoms with E-state index in [0.717, 1.165) is 31.6 Å². The fourth-order valence-corrected chi connectivity index (χ4v) is 2.96. The summed E-state index contributed by atoms with van der Waals surface area (Å²) in [5.74, 6) is 0. The highest BCUT2D eigenvalue weighted by atomic mass is 16.5. The van der Waals surface area contributed by atoms with Crippen LogP contribution in [0.1, 0.15) is 25.3 Å². The summed E-state index contributed by atoms with van der Waals surface area (Å²) < 4.78 is 7.49. The number of carbonyl (C=O) groups excluding carboxylic acids is 1. The van der Waals surface area contributed by atoms with Crippen LogP contribution in [-0.2, 0) is 11.3 Å². The molecule has 2 heterocycles. The molecule has 0 spiro atoms. The fraction of sp³-hybridized carbons (Fsp3) is 0.400. The van der Waals surface area contributed by atoms with Gasteiger partial charge in [0.1, 0.15) is 0 Å². The first-order valence-corrected chi connectivity index (χ1v) is 9.16. The predicted octanol–water partition coefficient (Wildman–Crippen LogP) is 3.63. The third kappa shape index (κ3) is 5.20. The summed E-state index contributed by atoms with van der Waals surface area (Å²) in [6.07, 6.45) is 9.73. The molecular weight excluding hydrogens is 328 g/mol. The molecule has 0 radical (unpaired) electrons. The van der Waals surface area contributed by atoms with E-state index in [0.29, 0.717) is 18.8 Å². The maximum Gasteiger partial charge on any atom is 0.322 e. The lowest BCUT2D eigenvalue weighted by Crippen LogP contribution is -2.40. The molecule has 0 bridgehead atoms. The molecule has 3 rings (SSSR count). The lowest BCUT2D eigenvalue weighted by atomic mass is 10.2. The second-order valence-electron chi connectivity index (χ2n) is 6.37. The highest BCUT2D eigenvalue weighted by Crippen LogP contribution is 2.15. The van der Waals surface area contributed by atoms with Gasteiger partial charge in [-0.1, -0.05) is 42.5 Å². The van der Waals surface area contributed by atoms with E-state index >= 15 is 0 Å². The van der Waals surface area contributed by atoms with E-state index in [-0.39, 0.29) is 12.1 Å². The van der Waals surface area contributed by atoms with Crippen LogP contribution in [0.2, 0.25) is 0 Å². The number of nitrogens with zero attached hydrogens (tertiary/aromatic N) is 3. The van der Waals surface area contributed by atoms with Gasteiger partial charge in [-0.2, -0.15) is 5.10 Å². The molecule has 1 aliphatic heterocycles. The van der Waals surface area contributed by atoms with Gasteiger partial charge in [0.2, 0.25) is 0 Å². The summed E-state index contributed by atoms with van der Waals surface area (Å²) in [5.41, 5.74) is 1.83. The maximum atomic E-state index is 12.7. The molecule has 6 nitrogen and oxygen atoms in total. The van der Waals surface area contributed by atoms with Gasteiger partial charge in [0, 0.05) is 32.4 Å². The number of benzene rings is 1. The first kappa shape index (κ1) is 18.2. The van der Waals surface area contributed by atoms with Crippen molar-refractivity contribution in [3.8, 4) is 0 Å². The lowest BCUT2D eigenvalue weighted by molar-refractivity contribution is 0.0863. The number of carbonyl (C=O) groups is 1. The molecule has 2 amide bonds. The van der Waals surface area contributed by atoms with E-state index in [9.17, 15) is 4.79 Å². The summed E-state index contributed by atoms with van der Waals surface area (Å²) in [5, 5.41) is 7.13. The molecule has 1 aromatic heterocycles. The van der Waals surface area contributed by atoms with Crippen LogP contribution in [0, 0.1) is 0 Å². The fourth-order valence-electron chi connectivity index (χ4n) is 2.96. The molecule has 1 N–H and O–H groups in total. The van der Waals surface area contributed by atoms with Crippen molar-refractivity contribution >= 4 is 17.8 Å². The quantitative estimate of drug-likeness (QED) is 0.826. The third-order valence-corrected chi connectivity index (χ3v) is 4.38. The summed E-state index contributed by atoms with van der Waals surface area (Å²) in [7, 11) is 0. The van der Waals surface area contributed by atoms with Gasteiger partial charge in [-0.05, 0) is 25.3 Å². The van der Waals surface area contributed by atoms with Crippen LogP contribution in [0.4, 0.5) is 10.5 Å². The highest BCUT2D eigenvalue weighted by molar-refractivity contribution is 5.89. The van der Waals surface area contributed by atoms with Gasteiger partial charge in [-0.15, -0.1) is 0 Å². The molecule has 1 atom stereocenters. The third-order valence-electron chi connectivity index (χ3n) is 4.38. The number of amides is 2. The molecular formula is C20H26N4O2.